The van der Waals surface area contributed by atoms with E-state index in [1.165, 1.54) is 0 Å². The van der Waals surface area contributed by atoms with Crippen LogP contribution in [0.25, 0.3) is 24.3 Å². The zero-order chi connectivity index (χ0) is 15.2. The lowest BCUT2D eigenvalue weighted by atomic mass is 10.2. The Morgan fingerprint density at radius 3 is 1.45 bits per heavy atom. The quantitative estimate of drug-likeness (QED) is 0.721. The van der Waals surface area contributed by atoms with Crippen LogP contribution in [0, 0.1) is 0 Å². The summed E-state index contributed by atoms with van der Waals surface area (Å²) >= 11 is 0. The van der Waals surface area contributed by atoms with E-state index in [1.54, 1.807) is 24.8 Å². The van der Waals surface area contributed by atoms with Gasteiger partial charge in [-0.05, 0) is 59.7 Å². The van der Waals surface area contributed by atoms with Crippen molar-refractivity contribution in [1.29, 1.82) is 0 Å². The molecule has 3 aromatic heterocycles. The van der Waals surface area contributed by atoms with Crippen molar-refractivity contribution < 1.29 is 0 Å². The molecule has 3 rings (SSSR count). The van der Waals surface area contributed by atoms with Gasteiger partial charge in [0.2, 0.25) is 0 Å². The van der Waals surface area contributed by atoms with Crippen LogP contribution in [-0.2, 0) is 7.05 Å². The lowest BCUT2D eigenvalue weighted by Crippen LogP contribution is -1.92. The van der Waals surface area contributed by atoms with Crippen molar-refractivity contribution in [2.24, 2.45) is 7.05 Å². The Morgan fingerprint density at radius 1 is 0.636 bits per heavy atom. The highest BCUT2D eigenvalue weighted by molar-refractivity contribution is 5.72. The minimum absolute atomic E-state index is 1.14. The summed E-state index contributed by atoms with van der Waals surface area (Å²) in [7, 11) is 2.07. The van der Waals surface area contributed by atoms with Crippen molar-refractivity contribution >= 4 is 24.3 Å². The highest BCUT2D eigenvalue weighted by Gasteiger charge is 1.99. The predicted octanol–water partition coefficient (Wildman–Crippen LogP) is 4.16. The molecule has 22 heavy (non-hydrogen) atoms. The molecule has 0 saturated carbocycles. The fourth-order valence-electron chi connectivity index (χ4n) is 2.19. The first kappa shape index (κ1) is 14.0. The number of aromatic nitrogens is 3. The summed E-state index contributed by atoms with van der Waals surface area (Å²) in [5.74, 6) is 0. The normalized spacial score (nSPS) is 11.5. The minimum Gasteiger partial charge on any atom is -0.345 e. The summed E-state index contributed by atoms with van der Waals surface area (Å²) in [6, 6.07) is 12.2. The lowest BCUT2D eigenvalue weighted by molar-refractivity contribution is 0.903. The molecule has 108 valence electrons. The van der Waals surface area contributed by atoms with Gasteiger partial charge in [-0.15, -0.1) is 0 Å². The molecule has 0 N–H and O–H groups in total. The Morgan fingerprint density at radius 2 is 1.05 bits per heavy atom. The molecule has 0 saturated heterocycles. The van der Waals surface area contributed by atoms with Gasteiger partial charge < -0.3 is 4.57 Å². The molecule has 3 heterocycles. The SMILES string of the molecule is Cn1c(/C=C/c2ccncc2)ccc1/C=C/c1ccncc1. The van der Waals surface area contributed by atoms with Crippen LogP contribution in [0.3, 0.4) is 0 Å². The second kappa shape index (κ2) is 6.68. The number of nitrogens with zero attached hydrogens (tertiary/aromatic N) is 3. The molecule has 3 heteroatoms. The standard InChI is InChI=1S/C19H17N3/c1-22-18(4-2-16-8-12-20-13-9-16)6-7-19(22)5-3-17-10-14-21-15-11-17/h2-15H,1H3/b4-2+,5-3+. The third-order valence-corrected chi connectivity index (χ3v) is 3.50. The van der Waals surface area contributed by atoms with Crippen LogP contribution >= 0.6 is 0 Å². The lowest BCUT2D eigenvalue weighted by Gasteiger charge is -2.01. The van der Waals surface area contributed by atoms with Crippen LogP contribution in [0.2, 0.25) is 0 Å². The number of hydrogen-bond donors (Lipinski definition) is 0. The van der Waals surface area contributed by atoms with E-state index in [9.17, 15) is 0 Å². The van der Waals surface area contributed by atoms with Gasteiger partial charge in [0.25, 0.3) is 0 Å². The monoisotopic (exact) mass is 287 g/mol. The fourth-order valence-corrected chi connectivity index (χ4v) is 2.19. The zero-order valence-electron chi connectivity index (χ0n) is 12.4. The molecule has 0 aromatic carbocycles. The molecule has 0 unspecified atom stereocenters. The molecule has 3 aromatic rings. The molecular weight excluding hydrogens is 270 g/mol. The highest BCUT2D eigenvalue weighted by atomic mass is 14.9. The molecule has 0 radical (unpaired) electrons. The van der Waals surface area contributed by atoms with Crippen molar-refractivity contribution in [2.75, 3.05) is 0 Å². The van der Waals surface area contributed by atoms with E-state index >= 15 is 0 Å². The van der Waals surface area contributed by atoms with Gasteiger partial charge in [-0.25, -0.2) is 0 Å². The maximum atomic E-state index is 4.02. The van der Waals surface area contributed by atoms with E-state index in [1.807, 2.05) is 24.3 Å². The van der Waals surface area contributed by atoms with Gasteiger partial charge in [0.1, 0.15) is 0 Å². The second-order valence-corrected chi connectivity index (χ2v) is 4.97. The maximum Gasteiger partial charge on any atom is 0.0409 e. The summed E-state index contributed by atoms with van der Waals surface area (Å²) in [6.45, 7) is 0. The van der Waals surface area contributed by atoms with E-state index in [2.05, 4.69) is 58.0 Å². The molecule has 0 aliphatic heterocycles. The van der Waals surface area contributed by atoms with Gasteiger partial charge in [0, 0.05) is 43.2 Å². The molecule has 0 fully saturated rings. The Labute approximate surface area is 130 Å². The van der Waals surface area contributed by atoms with Crippen molar-refractivity contribution in [3.63, 3.8) is 0 Å². The topological polar surface area (TPSA) is 30.7 Å². The Bertz CT molecular complexity index is 717. The molecule has 0 spiro atoms. The van der Waals surface area contributed by atoms with Crippen LogP contribution in [0.5, 0.6) is 0 Å². The molecule has 0 bridgehead atoms. The average Bonchev–Trinajstić information content (AvgIpc) is 2.93. The highest BCUT2D eigenvalue weighted by Crippen LogP contribution is 2.14. The number of hydrogen-bond acceptors (Lipinski definition) is 2. The zero-order valence-corrected chi connectivity index (χ0v) is 12.4. The summed E-state index contributed by atoms with van der Waals surface area (Å²) < 4.78 is 2.16. The maximum absolute atomic E-state index is 4.02. The summed E-state index contributed by atoms with van der Waals surface area (Å²) in [6.07, 6.45) is 15.6. The van der Waals surface area contributed by atoms with Crippen LogP contribution in [-0.4, -0.2) is 14.5 Å². The van der Waals surface area contributed by atoms with E-state index in [-0.39, 0.29) is 0 Å². The van der Waals surface area contributed by atoms with Crippen LogP contribution in [0.15, 0.2) is 61.2 Å². The molecule has 0 amide bonds. The third-order valence-electron chi connectivity index (χ3n) is 3.50. The van der Waals surface area contributed by atoms with Crippen LogP contribution in [0.4, 0.5) is 0 Å². The van der Waals surface area contributed by atoms with E-state index < -0.39 is 0 Å². The van der Waals surface area contributed by atoms with E-state index in [4.69, 9.17) is 0 Å². The largest absolute Gasteiger partial charge is 0.345 e. The number of rotatable bonds is 4. The van der Waals surface area contributed by atoms with Gasteiger partial charge in [0.05, 0.1) is 0 Å². The first-order valence-electron chi connectivity index (χ1n) is 7.15. The van der Waals surface area contributed by atoms with Crippen LogP contribution < -0.4 is 0 Å². The first-order valence-corrected chi connectivity index (χ1v) is 7.15. The predicted molar refractivity (Wildman–Crippen MR) is 91.7 cm³/mol. The van der Waals surface area contributed by atoms with Crippen LogP contribution in [0.1, 0.15) is 22.5 Å². The van der Waals surface area contributed by atoms with Gasteiger partial charge in [-0.2, -0.15) is 0 Å². The Balaban J connectivity index is 1.78. The minimum atomic E-state index is 1.14. The Kier molecular flexibility index (Phi) is 4.25. The summed E-state index contributed by atoms with van der Waals surface area (Å²) in [5, 5.41) is 0. The van der Waals surface area contributed by atoms with Crippen molar-refractivity contribution in [3.8, 4) is 0 Å². The second-order valence-electron chi connectivity index (χ2n) is 4.97. The molecular formula is C19H17N3. The van der Waals surface area contributed by atoms with Gasteiger partial charge in [-0.1, -0.05) is 12.2 Å². The van der Waals surface area contributed by atoms with Gasteiger partial charge >= 0.3 is 0 Å². The van der Waals surface area contributed by atoms with Gasteiger partial charge in [-0.3, -0.25) is 9.97 Å². The van der Waals surface area contributed by atoms with E-state index in [0.29, 0.717) is 0 Å². The molecule has 0 aliphatic rings. The Hall–Kier alpha value is -2.94. The summed E-state index contributed by atoms with van der Waals surface area (Å²) in [4.78, 5) is 8.05. The van der Waals surface area contributed by atoms with Crippen molar-refractivity contribution in [1.82, 2.24) is 14.5 Å². The smallest absolute Gasteiger partial charge is 0.0409 e. The van der Waals surface area contributed by atoms with Crippen molar-refractivity contribution in [2.45, 2.75) is 0 Å². The van der Waals surface area contributed by atoms with E-state index in [0.717, 1.165) is 22.5 Å². The van der Waals surface area contributed by atoms with Crippen molar-refractivity contribution in [3.05, 3.63) is 83.7 Å². The summed E-state index contributed by atoms with van der Waals surface area (Å²) in [5.41, 5.74) is 4.60. The first-order chi connectivity index (χ1) is 10.8. The molecule has 3 nitrogen and oxygen atoms in total. The fraction of sp³-hybridized carbons (Fsp3) is 0.0526. The third kappa shape index (κ3) is 3.38. The number of pyridine rings is 2. The molecule has 0 atom stereocenters. The van der Waals surface area contributed by atoms with Gasteiger partial charge in [0.15, 0.2) is 0 Å². The molecule has 0 aliphatic carbocycles. The average molecular weight is 287 g/mol.